The first-order chi connectivity index (χ1) is 13.5. The van der Waals surface area contributed by atoms with Crippen molar-refractivity contribution in [3.05, 3.63) is 64.8 Å². The Morgan fingerprint density at radius 2 is 1.86 bits per heavy atom. The molecule has 3 rings (SSSR count). The maximum Gasteiger partial charge on any atom is 0.289 e. The zero-order valence-corrected chi connectivity index (χ0v) is 16.4. The number of H-pyrrole nitrogens is 1. The number of carbonyl (C=O) groups excluding carboxylic acids is 1. The second-order valence-electron chi connectivity index (χ2n) is 5.85. The highest BCUT2D eigenvalue weighted by atomic mass is 35.5. The van der Waals surface area contributed by atoms with Crippen LogP contribution in [-0.4, -0.2) is 36.0 Å². The number of ether oxygens (including phenoxy) is 2. The molecule has 144 valence electrons. The van der Waals surface area contributed by atoms with Crippen molar-refractivity contribution in [1.29, 1.82) is 0 Å². The number of nitrogens with zero attached hydrogens (tertiary/aromatic N) is 2. The largest absolute Gasteiger partial charge is 0.493 e. The van der Waals surface area contributed by atoms with Gasteiger partial charge in [0.25, 0.3) is 5.91 Å². The fourth-order valence-electron chi connectivity index (χ4n) is 2.57. The average molecular weight is 399 g/mol. The maximum absolute atomic E-state index is 12.4. The van der Waals surface area contributed by atoms with Crippen LogP contribution in [0.2, 0.25) is 5.02 Å². The fraction of sp³-hybridized carbons (Fsp3) is 0.150. The maximum atomic E-state index is 12.4. The van der Waals surface area contributed by atoms with Crippen molar-refractivity contribution in [1.82, 2.24) is 15.6 Å². The minimum atomic E-state index is -0.411. The van der Waals surface area contributed by atoms with E-state index in [2.05, 4.69) is 20.7 Å². The second kappa shape index (κ2) is 8.58. The van der Waals surface area contributed by atoms with E-state index in [4.69, 9.17) is 21.1 Å². The first-order valence-corrected chi connectivity index (χ1v) is 8.78. The lowest BCUT2D eigenvalue weighted by molar-refractivity contribution is 0.0950. The van der Waals surface area contributed by atoms with Gasteiger partial charge in [0.2, 0.25) is 0 Å². The molecule has 0 aliphatic rings. The summed E-state index contributed by atoms with van der Waals surface area (Å²) in [7, 11) is 3.13. The van der Waals surface area contributed by atoms with E-state index in [1.165, 1.54) is 0 Å². The monoisotopic (exact) mass is 398 g/mol. The number of aromatic amines is 1. The van der Waals surface area contributed by atoms with Crippen LogP contribution in [0.15, 0.2) is 53.6 Å². The first kappa shape index (κ1) is 19.4. The van der Waals surface area contributed by atoms with Gasteiger partial charge in [-0.15, -0.1) is 0 Å². The summed E-state index contributed by atoms with van der Waals surface area (Å²) in [6.45, 7) is 1.78. The van der Waals surface area contributed by atoms with Crippen molar-refractivity contribution in [3.63, 3.8) is 0 Å². The Bertz CT molecular complexity index is 1030. The number of benzene rings is 2. The minimum absolute atomic E-state index is 0.277. The third-order valence-corrected chi connectivity index (χ3v) is 4.43. The fourth-order valence-corrected chi connectivity index (χ4v) is 2.80. The molecule has 0 saturated heterocycles. The number of rotatable bonds is 6. The van der Waals surface area contributed by atoms with Crippen LogP contribution in [0.1, 0.15) is 23.0 Å². The van der Waals surface area contributed by atoms with E-state index in [1.807, 2.05) is 24.3 Å². The van der Waals surface area contributed by atoms with Gasteiger partial charge in [0.05, 0.1) is 30.6 Å². The SMILES string of the molecule is COc1ccc(/C(C)=N\NC(=O)c2cc(-c3ccccc3Cl)n[nH]2)cc1OC. The molecule has 0 bridgehead atoms. The van der Waals surface area contributed by atoms with E-state index in [0.29, 0.717) is 27.9 Å². The number of halogens is 1. The van der Waals surface area contributed by atoms with Gasteiger partial charge in [-0.2, -0.15) is 10.2 Å². The number of hydrazone groups is 1. The molecule has 2 aromatic carbocycles. The molecule has 0 aliphatic heterocycles. The molecule has 7 nitrogen and oxygen atoms in total. The first-order valence-electron chi connectivity index (χ1n) is 8.41. The van der Waals surface area contributed by atoms with Crippen LogP contribution in [0.4, 0.5) is 0 Å². The highest BCUT2D eigenvalue weighted by Crippen LogP contribution is 2.28. The van der Waals surface area contributed by atoms with E-state index in [9.17, 15) is 4.79 Å². The third kappa shape index (κ3) is 4.15. The van der Waals surface area contributed by atoms with Crippen molar-refractivity contribution < 1.29 is 14.3 Å². The Labute approximate surface area is 167 Å². The van der Waals surface area contributed by atoms with Gasteiger partial charge in [0, 0.05) is 11.1 Å². The summed E-state index contributed by atoms with van der Waals surface area (Å²) in [5.74, 6) is 0.789. The summed E-state index contributed by atoms with van der Waals surface area (Å²) in [6, 6.07) is 14.3. The Balaban J connectivity index is 1.74. The molecule has 0 atom stereocenters. The van der Waals surface area contributed by atoms with Crippen LogP contribution < -0.4 is 14.9 Å². The van der Waals surface area contributed by atoms with E-state index < -0.39 is 5.91 Å². The van der Waals surface area contributed by atoms with Gasteiger partial charge in [-0.25, -0.2) is 5.43 Å². The van der Waals surface area contributed by atoms with Gasteiger partial charge >= 0.3 is 0 Å². The number of methoxy groups -OCH3 is 2. The van der Waals surface area contributed by atoms with Crippen molar-refractivity contribution in [2.24, 2.45) is 5.10 Å². The molecule has 0 saturated carbocycles. The Kier molecular flexibility index (Phi) is 5.96. The van der Waals surface area contributed by atoms with Crippen molar-refractivity contribution >= 4 is 23.2 Å². The summed E-state index contributed by atoms with van der Waals surface area (Å²) < 4.78 is 10.5. The van der Waals surface area contributed by atoms with Gasteiger partial charge < -0.3 is 9.47 Å². The summed E-state index contributed by atoms with van der Waals surface area (Å²) in [5, 5.41) is 11.6. The molecule has 0 spiro atoms. The average Bonchev–Trinajstić information content (AvgIpc) is 3.21. The van der Waals surface area contributed by atoms with Crippen LogP contribution in [0, 0.1) is 0 Å². The predicted octanol–water partition coefficient (Wildman–Crippen LogP) is 3.90. The van der Waals surface area contributed by atoms with Gasteiger partial charge in [-0.3, -0.25) is 9.89 Å². The molecular weight excluding hydrogens is 380 g/mol. The van der Waals surface area contributed by atoms with Crippen molar-refractivity contribution in [3.8, 4) is 22.8 Å². The molecule has 1 aromatic heterocycles. The number of aromatic nitrogens is 2. The molecule has 28 heavy (non-hydrogen) atoms. The normalized spacial score (nSPS) is 11.2. The number of hydrogen-bond donors (Lipinski definition) is 2. The van der Waals surface area contributed by atoms with Crippen molar-refractivity contribution in [2.75, 3.05) is 14.2 Å². The third-order valence-electron chi connectivity index (χ3n) is 4.10. The molecule has 0 fully saturated rings. The van der Waals surface area contributed by atoms with E-state index in [-0.39, 0.29) is 5.69 Å². The molecule has 0 radical (unpaired) electrons. The lowest BCUT2D eigenvalue weighted by Gasteiger charge is -2.09. The van der Waals surface area contributed by atoms with Gasteiger partial charge in [0.15, 0.2) is 11.5 Å². The molecular formula is C20H19ClN4O3. The summed E-state index contributed by atoms with van der Waals surface area (Å²) >= 11 is 6.17. The van der Waals surface area contributed by atoms with E-state index in [1.54, 1.807) is 45.4 Å². The summed E-state index contributed by atoms with van der Waals surface area (Å²) in [4.78, 5) is 12.4. The minimum Gasteiger partial charge on any atom is -0.493 e. The standard InChI is InChI=1S/C20H19ClN4O3/c1-12(13-8-9-18(27-2)19(10-13)28-3)22-25-20(26)17-11-16(23-24-17)14-6-4-5-7-15(14)21/h4-11H,1-3H3,(H,23,24)(H,25,26)/b22-12-. The van der Waals surface area contributed by atoms with Crippen molar-refractivity contribution in [2.45, 2.75) is 6.92 Å². The van der Waals surface area contributed by atoms with Crippen LogP contribution in [-0.2, 0) is 0 Å². The van der Waals surface area contributed by atoms with E-state index >= 15 is 0 Å². The quantitative estimate of drug-likeness (QED) is 0.486. The van der Waals surface area contributed by atoms with Gasteiger partial charge in [0.1, 0.15) is 5.69 Å². The molecule has 3 aromatic rings. The van der Waals surface area contributed by atoms with Gasteiger partial charge in [-0.1, -0.05) is 29.8 Å². The van der Waals surface area contributed by atoms with Crippen LogP contribution in [0.5, 0.6) is 11.5 Å². The topological polar surface area (TPSA) is 88.6 Å². The molecule has 0 aliphatic carbocycles. The Morgan fingerprint density at radius 3 is 2.57 bits per heavy atom. The number of carbonyl (C=O) groups is 1. The molecule has 8 heteroatoms. The number of hydrogen-bond acceptors (Lipinski definition) is 5. The van der Waals surface area contributed by atoms with Crippen LogP contribution in [0.3, 0.4) is 0 Å². The number of amides is 1. The summed E-state index contributed by atoms with van der Waals surface area (Å²) in [5.41, 5.74) is 5.51. The zero-order valence-electron chi connectivity index (χ0n) is 15.6. The molecule has 1 amide bonds. The van der Waals surface area contributed by atoms with Gasteiger partial charge in [-0.05, 0) is 37.3 Å². The molecule has 1 heterocycles. The Morgan fingerprint density at radius 1 is 1.11 bits per heavy atom. The highest BCUT2D eigenvalue weighted by Gasteiger charge is 2.13. The zero-order chi connectivity index (χ0) is 20.1. The van der Waals surface area contributed by atoms with E-state index in [0.717, 1.165) is 11.1 Å². The predicted molar refractivity (Wildman–Crippen MR) is 108 cm³/mol. The number of nitrogens with one attached hydrogen (secondary N) is 2. The lowest BCUT2D eigenvalue weighted by Crippen LogP contribution is -2.19. The molecule has 2 N–H and O–H groups in total. The van der Waals surface area contributed by atoms with Crippen LogP contribution >= 0.6 is 11.6 Å². The Hall–Kier alpha value is -3.32. The highest BCUT2D eigenvalue weighted by molar-refractivity contribution is 6.33. The second-order valence-corrected chi connectivity index (χ2v) is 6.26. The summed E-state index contributed by atoms with van der Waals surface area (Å²) in [6.07, 6.45) is 0. The van der Waals surface area contributed by atoms with Crippen LogP contribution in [0.25, 0.3) is 11.3 Å². The lowest BCUT2D eigenvalue weighted by atomic mass is 10.1. The molecule has 0 unspecified atom stereocenters. The smallest absolute Gasteiger partial charge is 0.289 e.